The van der Waals surface area contributed by atoms with Crippen molar-refractivity contribution in [2.24, 2.45) is 0 Å². The van der Waals surface area contributed by atoms with Gasteiger partial charge in [0.1, 0.15) is 18.1 Å². The van der Waals surface area contributed by atoms with Crippen molar-refractivity contribution in [1.29, 1.82) is 0 Å². The molecule has 2 aromatic carbocycles. The molecule has 3 aromatic rings. The van der Waals surface area contributed by atoms with Crippen LogP contribution >= 0.6 is 0 Å². The van der Waals surface area contributed by atoms with Crippen LogP contribution in [0.15, 0.2) is 47.0 Å². The van der Waals surface area contributed by atoms with E-state index in [4.69, 9.17) is 9.26 Å². The Morgan fingerprint density at radius 3 is 2.31 bits per heavy atom. The minimum atomic E-state index is -0.256. The molecule has 1 aromatic heterocycles. The van der Waals surface area contributed by atoms with Crippen molar-refractivity contribution in [2.75, 3.05) is 0 Å². The Balaban J connectivity index is 1.75. The lowest BCUT2D eigenvalue weighted by Gasteiger charge is -2.17. The van der Waals surface area contributed by atoms with Crippen molar-refractivity contribution in [2.45, 2.75) is 53.7 Å². The number of carbonyl (C=O) groups excluding carboxylic acids is 1. The number of benzene rings is 2. The Kier molecular flexibility index (Phi) is 6.37. The second kappa shape index (κ2) is 8.95. The second-order valence-electron chi connectivity index (χ2n) is 7.52. The Hall–Kier alpha value is -3.08. The number of nitrogens with one attached hydrogen (secondary N) is 1. The molecule has 0 bridgehead atoms. The van der Waals surface area contributed by atoms with Gasteiger partial charge in [-0.25, -0.2) is 0 Å². The van der Waals surface area contributed by atoms with Crippen LogP contribution < -0.4 is 10.1 Å². The highest BCUT2D eigenvalue weighted by atomic mass is 16.5. The summed E-state index contributed by atoms with van der Waals surface area (Å²) in [6.07, 6.45) is 0.778. The first kappa shape index (κ1) is 20.6. The fourth-order valence-corrected chi connectivity index (χ4v) is 3.36. The Morgan fingerprint density at radius 1 is 1.03 bits per heavy atom. The van der Waals surface area contributed by atoms with E-state index in [9.17, 15) is 4.79 Å². The van der Waals surface area contributed by atoms with E-state index in [2.05, 4.69) is 16.5 Å². The molecule has 29 heavy (non-hydrogen) atoms. The first-order valence-electron chi connectivity index (χ1n) is 9.91. The van der Waals surface area contributed by atoms with Crippen molar-refractivity contribution in [3.05, 3.63) is 81.7 Å². The van der Waals surface area contributed by atoms with E-state index in [1.54, 1.807) is 6.92 Å². The summed E-state index contributed by atoms with van der Waals surface area (Å²) in [4.78, 5) is 12.9. The van der Waals surface area contributed by atoms with E-state index in [0.29, 0.717) is 11.3 Å². The number of ether oxygens (including phenoxy) is 1. The quantitative estimate of drug-likeness (QED) is 0.587. The van der Waals surface area contributed by atoms with Crippen molar-refractivity contribution in [3.63, 3.8) is 0 Å². The topological polar surface area (TPSA) is 64.4 Å². The van der Waals surface area contributed by atoms with E-state index in [0.717, 1.165) is 28.9 Å². The molecule has 1 heterocycles. The van der Waals surface area contributed by atoms with Gasteiger partial charge in [0.25, 0.3) is 5.91 Å². The highest BCUT2D eigenvalue weighted by molar-refractivity contribution is 5.94. The molecule has 0 spiro atoms. The number of aryl methyl sites for hydroxylation is 4. The summed E-state index contributed by atoms with van der Waals surface area (Å²) in [6.45, 7) is 10.2. The monoisotopic (exact) mass is 392 g/mol. The van der Waals surface area contributed by atoms with E-state index < -0.39 is 0 Å². The van der Waals surface area contributed by atoms with Crippen molar-refractivity contribution >= 4 is 5.91 Å². The third-order valence-electron chi connectivity index (χ3n) is 4.97. The number of nitrogens with zero attached hydrogens (tertiary/aromatic N) is 1. The molecule has 0 radical (unpaired) electrons. The molecule has 0 aliphatic carbocycles. The summed E-state index contributed by atoms with van der Waals surface area (Å²) >= 11 is 0. The maximum atomic E-state index is 12.9. The number of hydrogen-bond donors (Lipinski definition) is 1. The average Bonchev–Trinajstić information content (AvgIpc) is 3.05. The molecule has 0 saturated heterocycles. The molecule has 1 atom stereocenters. The maximum Gasteiger partial charge on any atom is 0.274 e. The SMILES string of the molecule is CCC(NC(=O)c1noc(C)c1COc1cc(C)cc(C)c1)c1ccc(C)cc1. The molecule has 152 valence electrons. The van der Waals surface area contributed by atoms with E-state index in [1.807, 2.05) is 64.1 Å². The van der Waals surface area contributed by atoms with Crippen LogP contribution in [0.5, 0.6) is 5.75 Å². The molecule has 0 saturated carbocycles. The molecule has 1 unspecified atom stereocenters. The van der Waals surface area contributed by atoms with Gasteiger partial charge in [-0.3, -0.25) is 4.79 Å². The van der Waals surface area contributed by atoms with Crippen molar-refractivity contribution in [1.82, 2.24) is 10.5 Å². The third kappa shape index (κ3) is 5.05. The smallest absolute Gasteiger partial charge is 0.274 e. The Morgan fingerprint density at radius 2 is 1.69 bits per heavy atom. The zero-order valence-electron chi connectivity index (χ0n) is 17.7. The van der Waals surface area contributed by atoms with E-state index >= 15 is 0 Å². The van der Waals surface area contributed by atoms with Gasteiger partial charge in [0.2, 0.25) is 0 Å². The van der Waals surface area contributed by atoms with Gasteiger partial charge in [-0.1, -0.05) is 48.0 Å². The molecule has 0 aliphatic heterocycles. The summed E-state index contributed by atoms with van der Waals surface area (Å²) in [5.41, 5.74) is 5.46. The summed E-state index contributed by atoms with van der Waals surface area (Å²) in [5, 5.41) is 7.06. The average molecular weight is 392 g/mol. The number of rotatable bonds is 7. The largest absolute Gasteiger partial charge is 0.489 e. The van der Waals surface area contributed by atoms with E-state index in [1.165, 1.54) is 5.56 Å². The van der Waals surface area contributed by atoms with Gasteiger partial charge in [-0.15, -0.1) is 0 Å². The van der Waals surface area contributed by atoms with Crippen molar-refractivity contribution in [3.8, 4) is 5.75 Å². The van der Waals surface area contributed by atoms with Crippen LogP contribution in [0.25, 0.3) is 0 Å². The number of amides is 1. The molecular weight excluding hydrogens is 364 g/mol. The predicted molar refractivity (Wildman–Crippen MR) is 113 cm³/mol. The lowest BCUT2D eigenvalue weighted by atomic mass is 10.0. The van der Waals surface area contributed by atoms with Gasteiger partial charge in [0.15, 0.2) is 5.69 Å². The van der Waals surface area contributed by atoms with Crippen LogP contribution in [-0.4, -0.2) is 11.1 Å². The predicted octanol–water partition coefficient (Wildman–Crippen LogP) is 5.37. The highest BCUT2D eigenvalue weighted by Gasteiger charge is 2.23. The molecule has 3 rings (SSSR count). The van der Waals surface area contributed by atoms with Gasteiger partial charge in [0.05, 0.1) is 11.6 Å². The number of aromatic nitrogens is 1. The standard InChI is InChI=1S/C24H28N2O3/c1-6-22(19-9-7-15(2)8-10-19)25-24(27)23-21(18(5)29-26-23)14-28-20-12-16(3)11-17(4)13-20/h7-13,22H,6,14H2,1-5H3,(H,25,27). The fraction of sp³-hybridized carbons (Fsp3) is 0.333. The Labute approximate surface area is 172 Å². The van der Waals surface area contributed by atoms with Crippen LogP contribution in [-0.2, 0) is 6.61 Å². The molecule has 0 aliphatic rings. The van der Waals surface area contributed by atoms with Gasteiger partial charge in [0, 0.05) is 0 Å². The summed E-state index contributed by atoms with van der Waals surface area (Å²) in [7, 11) is 0. The molecule has 1 amide bonds. The molecule has 5 heteroatoms. The van der Waals surface area contributed by atoms with Crippen LogP contribution in [0.3, 0.4) is 0 Å². The van der Waals surface area contributed by atoms with Gasteiger partial charge >= 0.3 is 0 Å². The summed E-state index contributed by atoms with van der Waals surface area (Å²) in [5.74, 6) is 1.09. The summed E-state index contributed by atoms with van der Waals surface area (Å²) in [6, 6.07) is 14.1. The fourth-order valence-electron chi connectivity index (χ4n) is 3.36. The van der Waals surface area contributed by atoms with E-state index in [-0.39, 0.29) is 24.2 Å². The zero-order chi connectivity index (χ0) is 21.0. The third-order valence-corrected chi connectivity index (χ3v) is 4.97. The lowest BCUT2D eigenvalue weighted by Crippen LogP contribution is -2.29. The minimum Gasteiger partial charge on any atom is -0.489 e. The van der Waals surface area contributed by atoms with Crippen LogP contribution in [0, 0.1) is 27.7 Å². The molecule has 0 fully saturated rings. The molecule has 5 nitrogen and oxygen atoms in total. The van der Waals surface area contributed by atoms with Crippen LogP contribution in [0.2, 0.25) is 0 Å². The Bertz CT molecular complexity index is 970. The van der Waals surface area contributed by atoms with Crippen LogP contribution in [0.1, 0.15) is 63.5 Å². The van der Waals surface area contributed by atoms with Crippen molar-refractivity contribution < 1.29 is 14.1 Å². The first-order chi connectivity index (χ1) is 13.9. The summed E-state index contributed by atoms with van der Waals surface area (Å²) < 4.78 is 11.2. The second-order valence-corrected chi connectivity index (χ2v) is 7.52. The molecular formula is C24H28N2O3. The first-order valence-corrected chi connectivity index (χ1v) is 9.91. The van der Waals surface area contributed by atoms with Crippen LogP contribution in [0.4, 0.5) is 0 Å². The number of hydrogen-bond acceptors (Lipinski definition) is 4. The highest BCUT2D eigenvalue weighted by Crippen LogP contribution is 2.22. The number of carbonyl (C=O) groups is 1. The minimum absolute atomic E-state index is 0.0895. The maximum absolute atomic E-state index is 12.9. The molecule has 1 N–H and O–H groups in total. The van der Waals surface area contributed by atoms with Gasteiger partial charge in [-0.05, 0) is 62.9 Å². The normalized spacial score (nSPS) is 11.9. The lowest BCUT2D eigenvalue weighted by molar-refractivity contribution is 0.0924. The van der Waals surface area contributed by atoms with Gasteiger partial charge < -0.3 is 14.6 Å². The zero-order valence-corrected chi connectivity index (χ0v) is 17.7. The van der Waals surface area contributed by atoms with Gasteiger partial charge in [-0.2, -0.15) is 0 Å².